The summed E-state index contributed by atoms with van der Waals surface area (Å²) < 4.78 is 2.19. The zero-order valence-electron chi connectivity index (χ0n) is 11.2. The molecule has 102 valence electrons. The molecular weight excluding hydrogens is 290 g/mol. The summed E-state index contributed by atoms with van der Waals surface area (Å²) in [6.07, 6.45) is 2.25. The quantitative estimate of drug-likeness (QED) is 0.711. The molecule has 0 aliphatic rings. The van der Waals surface area contributed by atoms with Crippen molar-refractivity contribution < 1.29 is 0 Å². The maximum Gasteiger partial charge on any atom is 0.0343 e. The summed E-state index contributed by atoms with van der Waals surface area (Å²) in [5.74, 6) is 0. The Balaban J connectivity index is 2.12. The van der Waals surface area contributed by atoms with Gasteiger partial charge >= 0.3 is 0 Å². The molecule has 0 saturated carbocycles. The van der Waals surface area contributed by atoms with Crippen LogP contribution in [0.4, 0.5) is 0 Å². The molecule has 0 aliphatic carbocycles. The van der Waals surface area contributed by atoms with Gasteiger partial charge in [0, 0.05) is 29.2 Å². The monoisotopic (exact) mass is 313 g/mol. The second-order valence-corrected chi connectivity index (χ2v) is 5.63. The van der Waals surface area contributed by atoms with Crippen LogP contribution in [0.15, 0.2) is 30.3 Å². The summed E-state index contributed by atoms with van der Waals surface area (Å²) in [6.45, 7) is 5.01. The molecule has 4 heteroatoms. The number of hydrogen-bond acceptors (Lipinski definition) is 3. The van der Waals surface area contributed by atoms with Crippen molar-refractivity contribution >= 4 is 16.1 Å². The van der Waals surface area contributed by atoms with E-state index in [2.05, 4.69) is 62.4 Å². The molecule has 0 atom stereocenters. The zero-order chi connectivity index (χ0) is 13.2. The maximum absolute atomic E-state index is 5.50. The second-order valence-electron chi connectivity index (χ2n) is 4.63. The number of nitrogens with zero attached hydrogens (tertiary/aromatic N) is 2. The van der Waals surface area contributed by atoms with Gasteiger partial charge in [-0.3, -0.25) is 0 Å². The lowest BCUT2D eigenvalue weighted by Crippen LogP contribution is -2.25. The van der Waals surface area contributed by atoms with Gasteiger partial charge in [-0.15, -0.1) is 0 Å². The van der Waals surface area contributed by atoms with Crippen LogP contribution in [-0.2, 0) is 6.54 Å². The lowest BCUT2D eigenvalue weighted by molar-refractivity contribution is 0.312. The first-order chi connectivity index (χ1) is 8.72. The molecule has 18 heavy (non-hydrogen) atoms. The van der Waals surface area contributed by atoms with E-state index < -0.39 is 0 Å². The van der Waals surface area contributed by atoms with Crippen LogP contribution in [0.1, 0.15) is 18.4 Å². The van der Waals surface area contributed by atoms with Crippen molar-refractivity contribution in [2.75, 3.05) is 33.2 Å². The minimum Gasteiger partial charge on any atom is -0.330 e. The van der Waals surface area contributed by atoms with Gasteiger partial charge in [-0.05, 0) is 45.1 Å². The first-order valence-electron chi connectivity index (χ1n) is 6.55. The normalized spacial score (nSPS) is 11.4. The van der Waals surface area contributed by atoms with Crippen molar-refractivity contribution in [3.63, 3.8) is 0 Å². The molecule has 2 N–H and O–H groups in total. The molecule has 0 aromatic heterocycles. The molecule has 0 aliphatic heterocycles. The van der Waals surface area contributed by atoms with Crippen LogP contribution in [-0.4, -0.2) is 42.1 Å². The van der Waals surface area contributed by atoms with Crippen LogP contribution in [0.2, 0.25) is 0 Å². The first-order valence-corrected chi connectivity index (χ1v) is 7.26. The topological polar surface area (TPSA) is 32.5 Å². The number of nitrogens with two attached hydrogens (primary N) is 1. The molecule has 0 spiro atoms. The fourth-order valence-corrected chi connectivity index (χ4v) is 2.39. The van der Waals surface area contributed by atoms with Crippen LogP contribution in [0.3, 0.4) is 0 Å². The summed E-state index contributed by atoms with van der Waals surface area (Å²) in [4.78, 5) is 2.34. The van der Waals surface area contributed by atoms with Crippen molar-refractivity contribution in [2.24, 2.45) is 5.73 Å². The third-order valence-corrected chi connectivity index (χ3v) is 3.49. The van der Waals surface area contributed by atoms with E-state index in [1.54, 1.807) is 0 Å². The van der Waals surface area contributed by atoms with E-state index in [0.29, 0.717) is 0 Å². The SMILES string of the molecule is CN(CCCN)CCCN(Br)Cc1ccccc1. The van der Waals surface area contributed by atoms with E-state index in [-0.39, 0.29) is 0 Å². The van der Waals surface area contributed by atoms with Gasteiger partial charge < -0.3 is 10.6 Å². The molecule has 0 heterocycles. The Morgan fingerprint density at radius 2 is 1.72 bits per heavy atom. The van der Waals surface area contributed by atoms with E-state index in [1.165, 1.54) is 12.0 Å². The van der Waals surface area contributed by atoms with Crippen molar-refractivity contribution in [1.82, 2.24) is 8.83 Å². The van der Waals surface area contributed by atoms with E-state index in [9.17, 15) is 0 Å². The smallest absolute Gasteiger partial charge is 0.0343 e. The van der Waals surface area contributed by atoms with Crippen molar-refractivity contribution in [1.29, 1.82) is 0 Å². The molecule has 1 aromatic rings. The van der Waals surface area contributed by atoms with Crippen LogP contribution in [0.5, 0.6) is 0 Å². The zero-order valence-corrected chi connectivity index (χ0v) is 12.8. The predicted octanol–water partition coefficient (Wildman–Crippen LogP) is 2.47. The van der Waals surface area contributed by atoms with Gasteiger partial charge in [0.15, 0.2) is 0 Å². The number of rotatable bonds is 9. The molecule has 0 amide bonds. The molecule has 0 radical (unpaired) electrons. The summed E-state index contributed by atoms with van der Waals surface area (Å²) >= 11 is 3.61. The van der Waals surface area contributed by atoms with Crippen molar-refractivity contribution in [2.45, 2.75) is 19.4 Å². The first kappa shape index (κ1) is 15.6. The van der Waals surface area contributed by atoms with E-state index in [1.807, 2.05) is 0 Å². The number of benzene rings is 1. The molecule has 0 unspecified atom stereocenters. The molecule has 0 bridgehead atoms. The van der Waals surface area contributed by atoms with Gasteiger partial charge in [0.2, 0.25) is 0 Å². The highest BCUT2D eigenvalue weighted by Crippen LogP contribution is 2.09. The molecule has 1 rings (SSSR count). The van der Waals surface area contributed by atoms with Gasteiger partial charge in [-0.25, -0.2) is 3.93 Å². The summed E-state index contributed by atoms with van der Waals surface area (Å²) in [5, 5.41) is 0. The number of hydrogen-bond donors (Lipinski definition) is 1. The molecular formula is C14H24BrN3. The van der Waals surface area contributed by atoms with Gasteiger partial charge in [0.1, 0.15) is 0 Å². The van der Waals surface area contributed by atoms with Crippen LogP contribution in [0, 0.1) is 0 Å². The van der Waals surface area contributed by atoms with E-state index in [0.717, 1.165) is 39.1 Å². The summed E-state index contributed by atoms with van der Waals surface area (Å²) in [7, 11) is 2.16. The summed E-state index contributed by atoms with van der Waals surface area (Å²) in [5.41, 5.74) is 6.84. The lowest BCUT2D eigenvalue weighted by atomic mass is 10.2. The number of halogens is 1. The standard InChI is InChI=1S/C14H24BrN3/c1-17(10-5-9-16)11-6-12-18(15)13-14-7-3-2-4-8-14/h2-4,7-8H,5-6,9-13,16H2,1H3. The minimum absolute atomic E-state index is 0.781. The fraction of sp³-hybridized carbons (Fsp3) is 0.571. The molecule has 0 saturated heterocycles. The van der Waals surface area contributed by atoms with Crippen molar-refractivity contribution in [3.8, 4) is 0 Å². The summed E-state index contributed by atoms with van der Waals surface area (Å²) in [6, 6.07) is 10.5. The molecule has 0 fully saturated rings. The minimum atomic E-state index is 0.781. The molecule has 1 aromatic carbocycles. The van der Waals surface area contributed by atoms with Gasteiger partial charge in [0.25, 0.3) is 0 Å². The Morgan fingerprint density at radius 3 is 2.39 bits per heavy atom. The van der Waals surface area contributed by atoms with Gasteiger partial charge in [0.05, 0.1) is 0 Å². The third kappa shape index (κ3) is 7.11. The maximum atomic E-state index is 5.50. The Hall–Kier alpha value is -0.420. The van der Waals surface area contributed by atoms with Gasteiger partial charge in [-0.2, -0.15) is 0 Å². The largest absolute Gasteiger partial charge is 0.330 e. The highest BCUT2D eigenvalue weighted by atomic mass is 79.9. The van der Waals surface area contributed by atoms with Crippen LogP contribution < -0.4 is 5.73 Å². The predicted molar refractivity (Wildman–Crippen MR) is 81.6 cm³/mol. The van der Waals surface area contributed by atoms with Crippen LogP contribution >= 0.6 is 16.1 Å². The second kappa shape index (κ2) is 9.50. The fourth-order valence-electron chi connectivity index (χ4n) is 1.85. The highest BCUT2D eigenvalue weighted by Gasteiger charge is 2.03. The third-order valence-electron chi connectivity index (χ3n) is 2.88. The highest BCUT2D eigenvalue weighted by molar-refractivity contribution is 9.07. The Labute approximate surface area is 119 Å². The molecule has 3 nitrogen and oxygen atoms in total. The van der Waals surface area contributed by atoms with Gasteiger partial charge in [-0.1, -0.05) is 30.3 Å². The van der Waals surface area contributed by atoms with E-state index in [4.69, 9.17) is 5.73 Å². The lowest BCUT2D eigenvalue weighted by Gasteiger charge is -2.18. The Kier molecular flexibility index (Phi) is 8.25. The van der Waals surface area contributed by atoms with E-state index >= 15 is 0 Å². The Bertz CT molecular complexity index is 305. The average Bonchev–Trinajstić information content (AvgIpc) is 2.37. The average molecular weight is 314 g/mol. The van der Waals surface area contributed by atoms with Crippen molar-refractivity contribution in [3.05, 3.63) is 35.9 Å². The Morgan fingerprint density at radius 1 is 1.06 bits per heavy atom. The van der Waals surface area contributed by atoms with Crippen LogP contribution in [0.25, 0.3) is 0 Å².